The molecule has 0 spiro atoms. The van der Waals surface area contributed by atoms with Crippen molar-refractivity contribution in [2.45, 2.75) is 46.5 Å². The second-order valence-corrected chi connectivity index (χ2v) is 13.1. The minimum atomic E-state index is -0.0954. The Morgan fingerprint density at radius 3 is 1.68 bits per heavy atom. The van der Waals surface area contributed by atoms with E-state index in [1.807, 2.05) is 19.2 Å². The van der Waals surface area contributed by atoms with Gasteiger partial charge in [-0.1, -0.05) is 81.8 Å². The normalized spacial score (nSPS) is 11.1. The van der Waals surface area contributed by atoms with E-state index in [0.29, 0.717) is 30.2 Å². The van der Waals surface area contributed by atoms with Gasteiger partial charge >= 0.3 is 0 Å². The quantitative estimate of drug-likeness (QED) is 0.0456. The number of carbonyl (C=O) groups excluding carboxylic acids is 1. The van der Waals surface area contributed by atoms with Gasteiger partial charge in [0.2, 0.25) is 0 Å². The summed E-state index contributed by atoms with van der Waals surface area (Å²) in [5, 5.41) is 0. The van der Waals surface area contributed by atoms with Crippen LogP contribution in [0.2, 0.25) is 0 Å². The highest BCUT2D eigenvalue weighted by molar-refractivity contribution is 5.97. The van der Waals surface area contributed by atoms with Crippen LogP contribution in [0.5, 0.6) is 17.2 Å². The maximum atomic E-state index is 12.2. The van der Waals surface area contributed by atoms with Gasteiger partial charge in [-0.25, -0.2) is 0 Å². The summed E-state index contributed by atoms with van der Waals surface area (Å²) < 4.78 is 22.8. The molecular weight excluding hydrogens is 661 g/mol. The fourth-order valence-corrected chi connectivity index (χ4v) is 5.72. The molecule has 0 bridgehead atoms. The number of allylic oxidation sites excluding steroid dienone is 1. The number of ketones is 1. The lowest BCUT2D eigenvalue weighted by Gasteiger charge is -2.24. The van der Waals surface area contributed by atoms with Crippen molar-refractivity contribution in [3.8, 4) is 17.2 Å². The minimum Gasteiger partial charge on any atom is -0.496 e. The van der Waals surface area contributed by atoms with E-state index in [4.69, 9.17) is 18.9 Å². The van der Waals surface area contributed by atoms with Gasteiger partial charge in [-0.05, 0) is 91.6 Å². The minimum absolute atomic E-state index is 0.0168. The Morgan fingerprint density at radius 1 is 0.698 bits per heavy atom. The van der Waals surface area contributed by atoms with Gasteiger partial charge in [-0.2, -0.15) is 0 Å². The highest BCUT2D eigenvalue weighted by Crippen LogP contribution is 2.32. The first-order valence-electron chi connectivity index (χ1n) is 18.6. The number of methoxy groups -OCH3 is 2. The molecular formula is C46H56N2O5. The largest absolute Gasteiger partial charge is 0.496 e. The van der Waals surface area contributed by atoms with Gasteiger partial charge in [-0.3, -0.25) is 4.79 Å². The molecule has 0 N–H and O–H groups in total. The molecule has 0 saturated carbocycles. The summed E-state index contributed by atoms with van der Waals surface area (Å²) in [5.74, 6) is 2.69. The second-order valence-electron chi connectivity index (χ2n) is 13.1. The van der Waals surface area contributed by atoms with E-state index >= 15 is 0 Å². The molecule has 0 aromatic heterocycles. The monoisotopic (exact) mass is 716 g/mol. The number of Topliss-reactive ketones (excluding diaryl/α,β-unsaturated/α-hetero) is 1. The molecule has 0 aliphatic rings. The number of carbonyl (C=O) groups is 1. The Bertz CT molecular complexity index is 1790. The number of unbranched alkanes of at least 4 members (excludes halogenated alkanes) is 2. The Balaban J connectivity index is 1.34. The van der Waals surface area contributed by atoms with Crippen LogP contribution in [-0.4, -0.2) is 59.9 Å². The summed E-state index contributed by atoms with van der Waals surface area (Å²) in [7, 11) is 5.43. The van der Waals surface area contributed by atoms with Gasteiger partial charge in [-0.15, -0.1) is 0 Å². The maximum Gasteiger partial charge on any atom is 0.200 e. The summed E-state index contributed by atoms with van der Waals surface area (Å²) in [4.78, 5) is 16.9. The van der Waals surface area contributed by atoms with Crippen molar-refractivity contribution in [3.05, 3.63) is 125 Å². The van der Waals surface area contributed by atoms with Crippen molar-refractivity contribution in [2.24, 2.45) is 0 Å². The Hall–Kier alpha value is -5.43. The van der Waals surface area contributed by atoms with Crippen LogP contribution in [-0.2, 0) is 4.74 Å². The van der Waals surface area contributed by atoms with E-state index in [2.05, 4.69) is 103 Å². The summed E-state index contributed by atoms with van der Waals surface area (Å²) in [5.41, 5.74) is 7.03. The van der Waals surface area contributed by atoms with E-state index in [0.717, 1.165) is 52.5 Å². The van der Waals surface area contributed by atoms with Crippen LogP contribution in [0.4, 0.5) is 11.4 Å². The molecule has 0 atom stereocenters. The SMILES string of the molecule is C=C(C)OCC(=O)c1ccc(OCCN(C)c2ccc(/C=C/c3cc(OC)c(/C=C/c4ccc(N(CCCC)CCCC)cc4)cc3OC)cc2)cc1. The molecule has 0 aliphatic carbocycles. The molecule has 7 nitrogen and oxygen atoms in total. The Labute approximate surface area is 317 Å². The van der Waals surface area contributed by atoms with Crippen molar-refractivity contribution in [2.75, 3.05) is 63.9 Å². The summed E-state index contributed by atoms with van der Waals surface area (Å²) in [6, 6.07) is 28.4. The van der Waals surface area contributed by atoms with E-state index in [-0.39, 0.29) is 12.4 Å². The second kappa shape index (κ2) is 21.2. The summed E-state index contributed by atoms with van der Waals surface area (Å²) in [6.45, 7) is 13.2. The molecule has 4 rings (SSSR count). The molecule has 280 valence electrons. The van der Waals surface area contributed by atoms with Crippen LogP contribution in [0.1, 0.15) is 79.1 Å². The average molecular weight is 717 g/mol. The zero-order valence-corrected chi connectivity index (χ0v) is 32.4. The summed E-state index contributed by atoms with van der Waals surface area (Å²) in [6.07, 6.45) is 13.1. The van der Waals surface area contributed by atoms with E-state index in [1.165, 1.54) is 31.4 Å². The first-order chi connectivity index (χ1) is 25.7. The molecule has 0 aliphatic heterocycles. The van der Waals surface area contributed by atoms with Crippen molar-refractivity contribution >= 4 is 41.5 Å². The molecule has 0 radical (unpaired) electrons. The van der Waals surface area contributed by atoms with Gasteiger partial charge in [0.25, 0.3) is 0 Å². The van der Waals surface area contributed by atoms with Crippen LogP contribution in [0.25, 0.3) is 24.3 Å². The van der Waals surface area contributed by atoms with Crippen molar-refractivity contribution < 1.29 is 23.7 Å². The molecule has 4 aromatic carbocycles. The third-order valence-electron chi connectivity index (χ3n) is 8.97. The number of rotatable bonds is 22. The van der Waals surface area contributed by atoms with Crippen molar-refractivity contribution in [1.82, 2.24) is 0 Å². The lowest BCUT2D eigenvalue weighted by atomic mass is 10.0. The Morgan fingerprint density at radius 2 is 1.21 bits per heavy atom. The lowest BCUT2D eigenvalue weighted by Crippen LogP contribution is -2.25. The fraction of sp³-hybridized carbons (Fsp3) is 0.326. The third kappa shape index (κ3) is 12.6. The predicted octanol–water partition coefficient (Wildman–Crippen LogP) is 10.7. The van der Waals surface area contributed by atoms with E-state index in [9.17, 15) is 4.79 Å². The number of likely N-dealkylation sites (N-methyl/N-ethyl adjacent to an activating group) is 1. The maximum absolute atomic E-state index is 12.2. The molecule has 4 aromatic rings. The molecule has 0 heterocycles. The number of hydrogen-bond acceptors (Lipinski definition) is 7. The predicted molar refractivity (Wildman–Crippen MR) is 223 cm³/mol. The average Bonchev–Trinajstić information content (AvgIpc) is 3.18. The summed E-state index contributed by atoms with van der Waals surface area (Å²) >= 11 is 0. The number of ether oxygens (including phenoxy) is 4. The highest BCUT2D eigenvalue weighted by Gasteiger charge is 2.10. The highest BCUT2D eigenvalue weighted by atomic mass is 16.5. The van der Waals surface area contributed by atoms with Crippen molar-refractivity contribution in [1.29, 1.82) is 0 Å². The van der Waals surface area contributed by atoms with Crippen LogP contribution in [0.15, 0.2) is 97.3 Å². The molecule has 0 fully saturated rings. The van der Waals surface area contributed by atoms with Crippen LogP contribution >= 0.6 is 0 Å². The number of nitrogens with zero attached hydrogens (tertiary/aromatic N) is 2. The van der Waals surface area contributed by atoms with Gasteiger partial charge in [0.15, 0.2) is 12.4 Å². The zero-order chi connectivity index (χ0) is 38.0. The topological polar surface area (TPSA) is 60.5 Å². The third-order valence-corrected chi connectivity index (χ3v) is 8.97. The van der Waals surface area contributed by atoms with E-state index < -0.39 is 0 Å². The van der Waals surface area contributed by atoms with E-state index in [1.54, 1.807) is 45.4 Å². The van der Waals surface area contributed by atoms with Crippen molar-refractivity contribution in [3.63, 3.8) is 0 Å². The van der Waals surface area contributed by atoms with Crippen LogP contribution in [0.3, 0.4) is 0 Å². The first-order valence-corrected chi connectivity index (χ1v) is 18.6. The van der Waals surface area contributed by atoms with Gasteiger partial charge in [0.1, 0.15) is 23.9 Å². The number of benzene rings is 4. The molecule has 0 saturated heterocycles. The smallest absolute Gasteiger partial charge is 0.200 e. The zero-order valence-electron chi connectivity index (χ0n) is 32.4. The number of hydrogen-bond donors (Lipinski definition) is 0. The van der Waals surface area contributed by atoms with Gasteiger partial charge < -0.3 is 28.7 Å². The fourth-order valence-electron chi connectivity index (χ4n) is 5.72. The molecule has 0 unspecified atom stereocenters. The van der Waals surface area contributed by atoms with Gasteiger partial charge in [0, 0.05) is 48.2 Å². The number of anilines is 2. The van der Waals surface area contributed by atoms with Crippen LogP contribution in [0, 0.1) is 0 Å². The Kier molecular flexibility index (Phi) is 16.1. The van der Waals surface area contributed by atoms with Crippen LogP contribution < -0.4 is 24.0 Å². The lowest BCUT2D eigenvalue weighted by molar-refractivity contribution is 0.0864. The van der Waals surface area contributed by atoms with Gasteiger partial charge in [0.05, 0.1) is 26.5 Å². The first kappa shape index (κ1) is 40.3. The molecule has 0 amide bonds. The molecule has 7 heteroatoms. The standard InChI is InChI=1S/C46H56N2O5/c1-8-10-28-48(29-11-9-2)42-24-16-37(17-25-42)13-19-40-33-45(50-6)39(32-46(40)51-7)18-12-36-14-22-41(23-15-36)47(5)30-31-52-43-26-20-38(21-27-43)44(49)34-53-35(3)4/h12-27,32-33H,3,8-11,28-31,34H2,1-2,4-7H3/b18-12+,19-13+. The molecule has 53 heavy (non-hydrogen) atoms.